The summed E-state index contributed by atoms with van der Waals surface area (Å²) in [6.07, 6.45) is 3.84. The smallest absolute Gasteiger partial charge is 0.224 e. The number of nitrogens with zero attached hydrogens (tertiary/aromatic N) is 1. The first-order chi connectivity index (χ1) is 7.13. The zero-order chi connectivity index (χ0) is 11.3. The largest absolute Gasteiger partial charge is 0.338 e. The van der Waals surface area contributed by atoms with Gasteiger partial charge >= 0.3 is 0 Å². The Kier molecular flexibility index (Phi) is 4.82. The Morgan fingerprint density at radius 3 is 3.00 bits per heavy atom. The Balaban J connectivity index is 2.37. The van der Waals surface area contributed by atoms with Crippen LogP contribution in [0.5, 0.6) is 0 Å². The van der Waals surface area contributed by atoms with Gasteiger partial charge in [0.1, 0.15) is 0 Å². The van der Waals surface area contributed by atoms with Crippen LogP contribution in [0.15, 0.2) is 11.6 Å². The Morgan fingerprint density at radius 2 is 2.40 bits per heavy atom. The van der Waals surface area contributed by atoms with E-state index in [4.69, 9.17) is 0 Å². The molecule has 1 aliphatic heterocycles. The summed E-state index contributed by atoms with van der Waals surface area (Å²) in [4.78, 5) is 13.8. The van der Waals surface area contributed by atoms with E-state index in [1.54, 1.807) is 0 Å². The lowest BCUT2D eigenvalue weighted by Crippen LogP contribution is -2.39. The van der Waals surface area contributed by atoms with E-state index in [1.165, 1.54) is 5.57 Å². The third-order valence-electron chi connectivity index (χ3n) is 2.72. The van der Waals surface area contributed by atoms with E-state index in [2.05, 4.69) is 32.2 Å². The van der Waals surface area contributed by atoms with Crippen LogP contribution in [-0.2, 0) is 4.79 Å². The maximum Gasteiger partial charge on any atom is 0.224 e. The second-order valence-corrected chi connectivity index (χ2v) is 4.32. The topological polar surface area (TPSA) is 32.3 Å². The van der Waals surface area contributed by atoms with Crippen molar-refractivity contribution < 1.29 is 4.79 Å². The van der Waals surface area contributed by atoms with Gasteiger partial charge in [0.25, 0.3) is 0 Å². The van der Waals surface area contributed by atoms with Crippen LogP contribution in [0.25, 0.3) is 0 Å². The van der Waals surface area contributed by atoms with Crippen molar-refractivity contribution in [2.24, 2.45) is 0 Å². The average molecular weight is 210 g/mol. The summed E-state index contributed by atoms with van der Waals surface area (Å²) >= 11 is 0. The molecule has 86 valence electrons. The number of carbonyl (C=O) groups is 1. The maximum atomic E-state index is 11.9. The van der Waals surface area contributed by atoms with Gasteiger partial charge in [-0.05, 0) is 26.8 Å². The van der Waals surface area contributed by atoms with Crippen molar-refractivity contribution in [2.75, 3.05) is 19.6 Å². The predicted molar refractivity (Wildman–Crippen MR) is 62.7 cm³/mol. The molecule has 0 saturated heterocycles. The molecule has 1 unspecified atom stereocenters. The monoisotopic (exact) mass is 210 g/mol. The molecule has 15 heavy (non-hydrogen) atoms. The van der Waals surface area contributed by atoms with Gasteiger partial charge in [-0.25, -0.2) is 0 Å². The van der Waals surface area contributed by atoms with Crippen LogP contribution >= 0.6 is 0 Å². The first-order valence-electron chi connectivity index (χ1n) is 5.80. The van der Waals surface area contributed by atoms with Gasteiger partial charge in [-0.3, -0.25) is 4.79 Å². The number of hydrogen-bond donors (Lipinski definition) is 1. The first kappa shape index (κ1) is 12.2. The average Bonchev–Trinajstić information content (AvgIpc) is 2.18. The second kappa shape index (κ2) is 5.91. The highest BCUT2D eigenvalue weighted by molar-refractivity contribution is 5.77. The van der Waals surface area contributed by atoms with Crippen LogP contribution < -0.4 is 5.32 Å². The van der Waals surface area contributed by atoms with Crippen LogP contribution in [0, 0.1) is 0 Å². The summed E-state index contributed by atoms with van der Waals surface area (Å²) in [5.41, 5.74) is 1.31. The van der Waals surface area contributed by atoms with Crippen molar-refractivity contribution in [1.29, 1.82) is 0 Å². The van der Waals surface area contributed by atoms with Gasteiger partial charge in [-0.15, -0.1) is 0 Å². The minimum Gasteiger partial charge on any atom is -0.338 e. The van der Waals surface area contributed by atoms with Crippen molar-refractivity contribution in [3.05, 3.63) is 11.6 Å². The van der Waals surface area contributed by atoms with Crippen LogP contribution in [0.3, 0.4) is 0 Å². The quantitative estimate of drug-likeness (QED) is 0.714. The summed E-state index contributed by atoms with van der Waals surface area (Å²) < 4.78 is 0. The highest BCUT2D eigenvalue weighted by atomic mass is 16.2. The summed E-state index contributed by atoms with van der Waals surface area (Å²) in [6, 6.07) is 0.286. The molecular formula is C12H22N2O. The SMILES string of the molecule is CCNC(C)CC(=O)N1CCC=C(C)C1. The van der Waals surface area contributed by atoms with Crippen LogP contribution in [0.1, 0.15) is 33.6 Å². The molecular weight excluding hydrogens is 188 g/mol. The minimum atomic E-state index is 0.274. The van der Waals surface area contributed by atoms with Gasteiger partial charge in [0.2, 0.25) is 5.91 Å². The number of hydrogen-bond acceptors (Lipinski definition) is 2. The van der Waals surface area contributed by atoms with E-state index in [9.17, 15) is 4.79 Å². The molecule has 0 bridgehead atoms. The van der Waals surface area contributed by atoms with Crippen LogP contribution in [0.2, 0.25) is 0 Å². The molecule has 0 aromatic heterocycles. The Morgan fingerprint density at radius 1 is 1.67 bits per heavy atom. The van der Waals surface area contributed by atoms with Gasteiger partial charge in [-0.2, -0.15) is 0 Å². The van der Waals surface area contributed by atoms with Gasteiger partial charge in [-0.1, -0.05) is 18.6 Å². The molecule has 1 heterocycles. The van der Waals surface area contributed by atoms with E-state index in [0.717, 1.165) is 26.1 Å². The molecule has 0 spiro atoms. The lowest BCUT2D eigenvalue weighted by atomic mass is 10.1. The molecule has 0 aliphatic carbocycles. The molecule has 1 amide bonds. The number of amides is 1. The molecule has 3 heteroatoms. The molecule has 1 aliphatic rings. The molecule has 1 rings (SSSR count). The summed E-state index contributed by atoms with van der Waals surface area (Å²) in [5.74, 6) is 0.274. The van der Waals surface area contributed by atoms with E-state index < -0.39 is 0 Å². The lowest BCUT2D eigenvalue weighted by Gasteiger charge is -2.27. The van der Waals surface area contributed by atoms with Crippen molar-refractivity contribution in [3.63, 3.8) is 0 Å². The Bertz CT molecular complexity index is 248. The first-order valence-corrected chi connectivity index (χ1v) is 5.80. The molecule has 0 aromatic rings. The number of nitrogens with one attached hydrogen (secondary N) is 1. The van der Waals surface area contributed by atoms with E-state index >= 15 is 0 Å². The number of rotatable bonds is 4. The predicted octanol–water partition coefficient (Wildman–Crippen LogP) is 1.55. The van der Waals surface area contributed by atoms with Gasteiger partial charge in [0, 0.05) is 25.6 Å². The third-order valence-corrected chi connectivity index (χ3v) is 2.72. The van der Waals surface area contributed by atoms with Gasteiger partial charge in [0.05, 0.1) is 0 Å². The Hall–Kier alpha value is -0.830. The zero-order valence-electron chi connectivity index (χ0n) is 10.0. The van der Waals surface area contributed by atoms with Gasteiger partial charge < -0.3 is 10.2 Å². The van der Waals surface area contributed by atoms with Crippen molar-refractivity contribution in [2.45, 2.75) is 39.7 Å². The van der Waals surface area contributed by atoms with E-state index in [1.807, 2.05) is 4.90 Å². The highest BCUT2D eigenvalue weighted by Crippen LogP contribution is 2.10. The fourth-order valence-corrected chi connectivity index (χ4v) is 1.94. The Labute approximate surface area is 92.5 Å². The minimum absolute atomic E-state index is 0.274. The molecule has 3 nitrogen and oxygen atoms in total. The van der Waals surface area contributed by atoms with Crippen LogP contribution in [-0.4, -0.2) is 36.5 Å². The molecule has 1 N–H and O–H groups in total. The van der Waals surface area contributed by atoms with E-state index in [-0.39, 0.29) is 11.9 Å². The van der Waals surface area contributed by atoms with Gasteiger partial charge in [0.15, 0.2) is 0 Å². The second-order valence-electron chi connectivity index (χ2n) is 4.32. The third kappa shape index (κ3) is 4.04. The van der Waals surface area contributed by atoms with E-state index in [0.29, 0.717) is 6.42 Å². The summed E-state index contributed by atoms with van der Waals surface area (Å²) in [7, 11) is 0. The normalized spacial score (nSPS) is 18.6. The van der Waals surface area contributed by atoms with Crippen molar-refractivity contribution in [1.82, 2.24) is 10.2 Å². The standard InChI is InChI=1S/C12H22N2O/c1-4-13-11(3)8-12(15)14-7-5-6-10(2)9-14/h6,11,13H,4-5,7-9H2,1-3H3. The highest BCUT2D eigenvalue weighted by Gasteiger charge is 2.17. The maximum absolute atomic E-state index is 11.9. The van der Waals surface area contributed by atoms with Crippen molar-refractivity contribution >= 4 is 5.91 Å². The molecule has 0 aromatic carbocycles. The van der Waals surface area contributed by atoms with Crippen LogP contribution in [0.4, 0.5) is 0 Å². The zero-order valence-corrected chi connectivity index (χ0v) is 10.0. The molecule has 0 radical (unpaired) electrons. The fraction of sp³-hybridized carbons (Fsp3) is 0.750. The summed E-state index contributed by atoms with van der Waals surface area (Å²) in [5, 5.41) is 3.26. The lowest BCUT2D eigenvalue weighted by molar-refractivity contribution is -0.131. The fourth-order valence-electron chi connectivity index (χ4n) is 1.94. The van der Waals surface area contributed by atoms with Crippen molar-refractivity contribution in [3.8, 4) is 0 Å². The number of carbonyl (C=O) groups excluding carboxylic acids is 1. The molecule has 0 saturated carbocycles. The molecule has 0 fully saturated rings. The molecule has 1 atom stereocenters. The summed E-state index contributed by atoms with van der Waals surface area (Å²) in [6.45, 7) is 8.84.